The van der Waals surface area contributed by atoms with Gasteiger partial charge in [-0.2, -0.15) is 33.7 Å². The third kappa shape index (κ3) is 12.6. The molecule has 434 valence electrons. The number of nitrogens with zero attached hydrogens (tertiary/aromatic N) is 2. The van der Waals surface area contributed by atoms with Gasteiger partial charge in [-0.15, -0.1) is 0 Å². The van der Waals surface area contributed by atoms with E-state index in [9.17, 15) is 51.9 Å². The zero-order valence-electron chi connectivity index (χ0n) is 46.2. The number of rotatable bonds is 22. The second-order valence-corrected chi connectivity index (χ2v) is 25.8. The lowest BCUT2D eigenvalue weighted by Gasteiger charge is -2.20. The van der Waals surface area contributed by atoms with Gasteiger partial charge in [0.2, 0.25) is 0 Å². The van der Waals surface area contributed by atoms with Crippen molar-refractivity contribution in [2.45, 2.75) is 60.1 Å². The SMILES string of the molecule is CCN(CC)CCc1cc(S(=O)(=O)O)ccc1C1=C(c2ccccc2)C(c2ccc(C3=C(c4ccc(S(=O)(=O)O)cc4)C(=O)C(c4ccc(S(=O)(=O)O)c(CCN(CC)CC)c4)=C3c3ccccc3)cc2)=C(c2ccc(S(=O)(=O)O)cc2)C1=O. The molecule has 84 heavy (non-hydrogen) atoms. The lowest BCUT2D eigenvalue weighted by Crippen LogP contribution is -2.25. The zero-order chi connectivity index (χ0) is 60.5. The summed E-state index contributed by atoms with van der Waals surface area (Å²) in [6, 6.07) is 43.7. The Morgan fingerprint density at radius 1 is 0.321 bits per heavy atom. The fraction of sp³-hybridized carbons (Fsp3) is 0.188. The Labute approximate surface area is 489 Å². The maximum atomic E-state index is 15.8. The van der Waals surface area contributed by atoms with Gasteiger partial charge in [0.05, 0.1) is 19.6 Å². The second-order valence-electron chi connectivity index (χ2n) is 20.1. The predicted octanol–water partition coefficient (Wildman–Crippen LogP) is 10.7. The number of hydrogen-bond donors (Lipinski definition) is 4. The molecule has 0 saturated carbocycles. The summed E-state index contributed by atoms with van der Waals surface area (Å²) in [4.78, 5) is 34.2. The molecule has 0 bridgehead atoms. The average Bonchev–Trinajstić information content (AvgIpc) is 2.13. The van der Waals surface area contributed by atoms with Gasteiger partial charge >= 0.3 is 0 Å². The number of allylic oxidation sites excluding steroid dienone is 8. The molecule has 9 rings (SSSR count). The number of benzene rings is 7. The molecule has 0 saturated heterocycles. The molecule has 0 amide bonds. The highest BCUT2D eigenvalue weighted by Crippen LogP contribution is 2.53. The molecule has 0 aliphatic heterocycles. The van der Waals surface area contributed by atoms with Gasteiger partial charge in [-0.25, -0.2) is 0 Å². The molecule has 0 heterocycles. The fourth-order valence-corrected chi connectivity index (χ4v) is 13.3. The lowest BCUT2D eigenvalue weighted by molar-refractivity contribution is -0.109. The Bertz CT molecular complexity index is 4340. The quantitative estimate of drug-likeness (QED) is 0.0460. The third-order valence-electron chi connectivity index (χ3n) is 15.3. The first-order valence-electron chi connectivity index (χ1n) is 27.0. The molecule has 20 heteroatoms. The largest absolute Gasteiger partial charge is 0.304 e. The van der Waals surface area contributed by atoms with Crippen molar-refractivity contribution >= 4 is 96.6 Å². The van der Waals surface area contributed by atoms with Gasteiger partial charge in [-0.05, 0) is 143 Å². The van der Waals surface area contributed by atoms with E-state index in [1.54, 1.807) is 78.9 Å². The average molecular weight is 1210 g/mol. The number of Topliss-reactive ketones (excluding diaryl/α,β-unsaturated/α-hetero) is 2. The van der Waals surface area contributed by atoms with Crippen LogP contribution in [-0.2, 0) is 62.9 Å². The first kappa shape index (κ1) is 61.0. The molecule has 16 nitrogen and oxygen atoms in total. The predicted molar refractivity (Wildman–Crippen MR) is 325 cm³/mol. The highest BCUT2D eigenvalue weighted by molar-refractivity contribution is 7.86. The molecule has 0 aromatic heterocycles. The van der Waals surface area contributed by atoms with E-state index >= 15 is 9.59 Å². The van der Waals surface area contributed by atoms with E-state index < -0.39 is 61.8 Å². The number of likely N-dealkylation sites (N-methyl/N-ethyl adjacent to an activating group) is 2. The monoisotopic (exact) mass is 1210 g/mol. The van der Waals surface area contributed by atoms with Crippen LogP contribution < -0.4 is 0 Å². The van der Waals surface area contributed by atoms with Crippen LogP contribution in [0.15, 0.2) is 189 Å². The van der Waals surface area contributed by atoms with Crippen molar-refractivity contribution in [1.82, 2.24) is 9.80 Å². The van der Waals surface area contributed by atoms with E-state index in [1.807, 2.05) is 39.8 Å². The van der Waals surface area contributed by atoms with Gasteiger partial charge in [-0.1, -0.05) is 149 Å². The van der Waals surface area contributed by atoms with Crippen molar-refractivity contribution in [3.05, 3.63) is 225 Å². The van der Waals surface area contributed by atoms with E-state index in [1.165, 1.54) is 78.9 Å². The molecule has 2 aliphatic rings. The summed E-state index contributed by atoms with van der Waals surface area (Å²) in [5.74, 6) is -1.02. The second kappa shape index (κ2) is 24.5. The van der Waals surface area contributed by atoms with Crippen LogP contribution in [-0.4, -0.2) is 113 Å². The first-order chi connectivity index (χ1) is 39.9. The summed E-state index contributed by atoms with van der Waals surface area (Å²) in [6.07, 6.45) is 0.454. The standard InChI is InChI=1S/C64H60N2O14S4/c1-5-65(6-2)37-35-47-40-52(83(75,76)77)32-33-53(47)62-58(42-17-13-10-14-18-42)57(60(64(62)68)46-25-30-51(31-26-46)82(72,73)74)44-21-19-43(20-22-44)56-55(41-15-11-9-12-16-41)61(63(67)59(56)45-23-28-50(29-24-45)81(69,70)71)49-27-34-54(84(78,79)80)48(39-49)36-38-66(7-3)8-4/h9-34,39-40H,5-8,35-38H2,1-4H3,(H,69,70,71)(H,72,73,74)(H,75,76,77)(H,78,79,80). The van der Waals surface area contributed by atoms with Gasteiger partial charge in [0, 0.05) is 57.7 Å². The fourth-order valence-electron chi connectivity index (χ4n) is 11.0. The molecule has 7 aromatic rings. The molecule has 0 fully saturated rings. The highest BCUT2D eigenvalue weighted by Gasteiger charge is 2.39. The Balaban J connectivity index is 1.33. The van der Waals surface area contributed by atoms with E-state index in [0.29, 0.717) is 101 Å². The minimum atomic E-state index is -4.74. The van der Waals surface area contributed by atoms with E-state index in [-0.39, 0.29) is 61.6 Å². The number of hydrogen-bond acceptors (Lipinski definition) is 12. The molecule has 4 N–H and O–H groups in total. The maximum absolute atomic E-state index is 15.8. The van der Waals surface area contributed by atoms with Crippen molar-refractivity contribution in [2.24, 2.45) is 0 Å². The van der Waals surface area contributed by atoms with Crippen LogP contribution >= 0.6 is 0 Å². The zero-order valence-corrected chi connectivity index (χ0v) is 49.5. The molecular weight excluding hydrogens is 1150 g/mol. The molecule has 0 atom stereocenters. The van der Waals surface area contributed by atoms with Crippen LogP contribution in [0.3, 0.4) is 0 Å². The van der Waals surface area contributed by atoms with Crippen molar-refractivity contribution in [1.29, 1.82) is 0 Å². The summed E-state index contributed by atoms with van der Waals surface area (Å²) in [6.45, 7) is 11.5. The van der Waals surface area contributed by atoms with Crippen LogP contribution in [0, 0.1) is 0 Å². The summed E-state index contributed by atoms with van der Waals surface area (Å²) in [7, 11) is -18.8. The Morgan fingerprint density at radius 3 is 1.04 bits per heavy atom. The summed E-state index contributed by atoms with van der Waals surface area (Å²) in [5, 5.41) is 0. The van der Waals surface area contributed by atoms with Crippen LogP contribution in [0.4, 0.5) is 0 Å². The summed E-state index contributed by atoms with van der Waals surface area (Å²) < 4.78 is 141. The Hall–Kier alpha value is -7.60. The topological polar surface area (TPSA) is 258 Å². The van der Waals surface area contributed by atoms with Crippen molar-refractivity contribution < 1.29 is 61.5 Å². The molecule has 0 radical (unpaired) electrons. The molecular formula is C64H60N2O14S4. The van der Waals surface area contributed by atoms with Crippen LogP contribution in [0.1, 0.15) is 83.3 Å². The van der Waals surface area contributed by atoms with Gasteiger partial charge in [0.25, 0.3) is 40.5 Å². The van der Waals surface area contributed by atoms with Crippen LogP contribution in [0.2, 0.25) is 0 Å². The van der Waals surface area contributed by atoms with Crippen molar-refractivity contribution in [3.63, 3.8) is 0 Å². The van der Waals surface area contributed by atoms with Crippen LogP contribution in [0.25, 0.3) is 44.6 Å². The molecule has 2 aliphatic carbocycles. The smallest absolute Gasteiger partial charge is 0.294 e. The minimum absolute atomic E-state index is 0.120. The van der Waals surface area contributed by atoms with Gasteiger partial charge < -0.3 is 9.80 Å². The van der Waals surface area contributed by atoms with E-state index in [2.05, 4.69) is 9.80 Å². The number of ketones is 2. The van der Waals surface area contributed by atoms with E-state index in [4.69, 9.17) is 0 Å². The molecule has 7 aromatic carbocycles. The van der Waals surface area contributed by atoms with E-state index in [0.717, 1.165) is 0 Å². The molecule has 0 spiro atoms. The maximum Gasteiger partial charge on any atom is 0.294 e. The Morgan fingerprint density at radius 2 is 0.643 bits per heavy atom. The van der Waals surface area contributed by atoms with Gasteiger partial charge in [0.1, 0.15) is 0 Å². The minimum Gasteiger partial charge on any atom is -0.304 e. The Kier molecular flexibility index (Phi) is 17.8. The van der Waals surface area contributed by atoms with Gasteiger partial charge in [-0.3, -0.25) is 27.8 Å². The van der Waals surface area contributed by atoms with Gasteiger partial charge in [0.15, 0.2) is 11.6 Å². The number of carbonyl (C=O) groups is 2. The molecule has 0 unspecified atom stereocenters. The lowest BCUT2D eigenvalue weighted by atomic mass is 9.86. The summed E-state index contributed by atoms with van der Waals surface area (Å²) in [5.41, 5.74) is 6.21. The highest BCUT2D eigenvalue weighted by atomic mass is 32.2. The third-order valence-corrected chi connectivity index (χ3v) is 18.9. The van der Waals surface area contributed by atoms with Crippen molar-refractivity contribution in [2.75, 3.05) is 39.3 Å². The van der Waals surface area contributed by atoms with Crippen LogP contribution in [0.5, 0.6) is 0 Å². The first-order valence-corrected chi connectivity index (χ1v) is 32.7. The summed E-state index contributed by atoms with van der Waals surface area (Å²) >= 11 is 0. The normalized spacial score (nSPS) is 14.5. The number of carbonyl (C=O) groups excluding carboxylic acids is 2. The van der Waals surface area contributed by atoms with Crippen molar-refractivity contribution in [3.8, 4) is 0 Å².